The molecule has 2 aliphatic rings. The van der Waals surface area contributed by atoms with Crippen molar-refractivity contribution in [3.8, 4) is 17.2 Å². The van der Waals surface area contributed by atoms with Crippen LogP contribution in [-0.2, 0) is 16.4 Å². The summed E-state index contributed by atoms with van der Waals surface area (Å²) >= 11 is 0. The number of nitrogens with zero attached hydrogens (tertiary/aromatic N) is 3. The van der Waals surface area contributed by atoms with Crippen molar-refractivity contribution in [3.63, 3.8) is 0 Å². The Morgan fingerprint density at radius 2 is 1.74 bits per heavy atom. The van der Waals surface area contributed by atoms with Gasteiger partial charge in [-0.3, -0.25) is 0 Å². The predicted molar refractivity (Wildman–Crippen MR) is 161 cm³/mol. The first-order valence-corrected chi connectivity index (χ1v) is 16.1. The molecule has 43 heavy (non-hydrogen) atoms. The zero-order valence-corrected chi connectivity index (χ0v) is 26.0. The molecule has 1 saturated heterocycles. The van der Waals surface area contributed by atoms with Gasteiger partial charge in [-0.2, -0.15) is 4.31 Å². The number of piperazine rings is 1. The number of rotatable bonds is 15. The maximum absolute atomic E-state index is 13.6. The molecule has 4 rings (SSSR count). The fraction of sp³-hybridized carbons (Fsp3) is 0.567. The van der Waals surface area contributed by atoms with Crippen LogP contribution in [0.1, 0.15) is 25.8 Å². The fourth-order valence-corrected chi connectivity index (χ4v) is 6.81. The molecule has 0 unspecified atom stereocenters. The van der Waals surface area contributed by atoms with Gasteiger partial charge in [0.25, 0.3) is 0 Å². The molecule has 238 valence electrons. The van der Waals surface area contributed by atoms with Crippen molar-refractivity contribution < 1.29 is 37.6 Å². The molecule has 0 aromatic heterocycles. The van der Waals surface area contributed by atoms with Crippen LogP contribution in [-0.4, -0.2) is 117 Å². The highest BCUT2D eigenvalue weighted by Gasteiger charge is 2.32. The monoisotopic (exact) mass is 620 g/mol. The third-order valence-corrected chi connectivity index (χ3v) is 9.40. The lowest BCUT2D eigenvalue weighted by atomic mass is 10.0. The second-order valence-corrected chi connectivity index (χ2v) is 13.5. The van der Waals surface area contributed by atoms with Crippen molar-refractivity contribution in [1.82, 2.24) is 19.4 Å². The van der Waals surface area contributed by atoms with Gasteiger partial charge in [0.2, 0.25) is 16.8 Å². The Labute approximate surface area is 254 Å². The first kappa shape index (κ1) is 32.8. The third-order valence-electron chi connectivity index (χ3n) is 7.58. The number of carboxylic acid groups (broad SMARTS) is 1. The number of aliphatic hydroxyl groups excluding tert-OH is 1. The summed E-state index contributed by atoms with van der Waals surface area (Å²) in [4.78, 5) is 16.4. The van der Waals surface area contributed by atoms with E-state index in [0.717, 1.165) is 44.7 Å². The number of sulfonamides is 1. The Kier molecular flexibility index (Phi) is 11.5. The highest BCUT2D eigenvalue weighted by molar-refractivity contribution is 7.89. The van der Waals surface area contributed by atoms with E-state index in [1.807, 2.05) is 38.1 Å². The molecule has 12 nitrogen and oxygen atoms in total. The summed E-state index contributed by atoms with van der Waals surface area (Å²) in [6.45, 7) is 9.49. The number of amides is 1. The van der Waals surface area contributed by atoms with Gasteiger partial charge in [-0.25, -0.2) is 13.2 Å². The molecule has 0 spiro atoms. The molecule has 3 N–H and O–H groups in total. The summed E-state index contributed by atoms with van der Waals surface area (Å²) in [5.41, 5.74) is 0.775. The average molecular weight is 621 g/mol. The van der Waals surface area contributed by atoms with Crippen LogP contribution in [0.25, 0.3) is 0 Å². The van der Waals surface area contributed by atoms with E-state index in [1.165, 1.54) is 22.5 Å². The minimum atomic E-state index is -4.03. The van der Waals surface area contributed by atoms with Gasteiger partial charge in [0.1, 0.15) is 5.75 Å². The molecule has 13 heteroatoms. The van der Waals surface area contributed by atoms with Crippen molar-refractivity contribution in [2.45, 2.75) is 43.7 Å². The van der Waals surface area contributed by atoms with E-state index in [0.29, 0.717) is 23.9 Å². The third kappa shape index (κ3) is 9.44. The number of carbonyl (C=O) groups is 1. The predicted octanol–water partition coefficient (Wildman–Crippen LogP) is 2.32. The smallest absolute Gasteiger partial charge is 0.404 e. The van der Waals surface area contributed by atoms with Gasteiger partial charge < -0.3 is 39.5 Å². The second-order valence-electron chi connectivity index (χ2n) is 11.5. The molecule has 0 radical (unpaired) electrons. The Hall–Kier alpha value is -3.10. The van der Waals surface area contributed by atoms with E-state index in [1.54, 1.807) is 0 Å². The first-order valence-electron chi connectivity index (χ1n) is 14.7. The summed E-state index contributed by atoms with van der Waals surface area (Å²) in [7, 11) is -1.89. The van der Waals surface area contributed by atoms with Crippen molar-refractivity contribution in [3.05, 3.63) is 48.0 Å². The number of benzene rings is 2. The largest absolute Gasteiger partial charge is 0.494 e. The molecule has 0 aliphatic carbocycles. The molecular weight excluding hydrogens is 576 g/mol. The average Bonchev–Trinajstić information content (AvgIpc) is 3.44. The second kappa shape index (κ2) is 15.1. The Morgan fingerprint density at radius 3 is 2.42 bits per heavy atom. The summed E-state index contributed by atoms with van der Waals surface area (Å²) in [6.07, 6.45) is -1.54. The number of nitrogens with one attached hydrogen (secondary N) is 1. The standard InChI is InChI=1S/C30H44N4O8S/c1-22(2)19-34(43(38,39)25-9-10-28-29(18-25)42-21-41-28)20-27(35)26(31-30(36)37)17-23-5-7-24(8-6-23)40-16-4-11-33-14-12-32(3)13-15-33/h5-10,18,22,26-27,31,35H,4,11-17,19-21H2,1-3H3,(H,36,37)/t26-,27-/m0/s1. The molecule has 2 aliphatic heterocycles. The molecule has 2 aromatic rings. The van der Waals surface area contributed by atoms with Crippen molar-refractivity contribution in [2.24, 2.45) is 5.92 Å². The van der Waals surface area contributed by atoms with Crippen LogP contribution >= 0.6 is 0 Å². The number of hydrogen-bond donors (Lipinski definition) is 3. The van der Waals surface area contributed by atoms with E-state index < -0.39 is 28.3 Å². The number of aliphatic hydroxyl groups is 1. The van der Waals surface area contributed by atoms with Gasteiger partial charge >= 0.3 is 6.09 Å². The lowest BCUT2D eigenvalue weighted by molar-refractivity contribution is 0.0980. The minimum absolute atomic E-state index is 0.00599. The SMILES string of the molecule is CC(C)CN(C[C@H](O)[C@H](Cc1ccc(OCCCN2CCN(C)CC2)cc1)NC(=O)O)S(=O)(=O)c1ccc2c(c1)OCO2. The molecule has 2 aromatic carbocycles. The van der Waals surface area contributed by atoms with Crippen LogP contribution < -0.4 is 19.5 Å². The van der Waals surface area contributed by atoms with Crippen LogP contribution in [0.15, 0.2) is 47.4 Å². The lowest BCUT2D eigenvalue weighted by Gasteiger charge is -2.32. The van der Waals surface area contributed by atoms with Crippen molar-refractivity contribution in [2.75, 3.05) is 66.3 Å². The Bertz CT molecular complexity index is 1300. The normalized spacial score (nSPS) is 17.3. The lowest BCUT2D eigenvalue weighted by Crippen LogP contribution is -2.50. The molecule has 0 saturated carbocycles. The number of fused-ring (bicyclic) bond motifs is 1. The summed E-state index contributed by atoms with van der Waals surface area (Å²) < 4.78 is 45.0. The topological polar surface area (TPSA) is 141 Å². The van der Waals surface area contributed by atoms with E-state index >= 15 is 0 Å². The van der Waals surface area contributed by atoms with Crippen LogP contribution in [0, 0.1) is 5.92 Å². The molecule has 1 amide bonds. The van der Waals surface area contributed by atoms with Gasteiger partial charge in [0.15, 0.2) is 11.5 Å². The molecule has 0 bridgehead atoms. The van der Waals surface area contributed by atoms with Gasteiger partial charge in [-0.05, 0) is 55.6 Å². The molecular formula is C30H44N4O8S. The van der Waals surface area contributed by atoms with Crippen LogP contribution in [0.3, 0.4) is 0 Å². The summed E-state index contributed by atoms with van der Waals surface area (Å²) in [5, 5.41) is 23.0. The van der Waals surface area contributed by atoms with E-state index in [9.17, 15) is 23.4 Å². The Balaban J connectivity index is 1.36. The van der Waals surface area contributed by atoms with E-state index in [2.05, 4.69) is 22.2 Å². The highest BCUT2D eigenvalue weighted by Crippen LogP contribution is 2.35. The summed E-state index contributed by atoms with van der Waals surface area (Å²) in [6, 6.07) is 10.7. The van der Waals surface area contributed by atoms with Gasteiger partial charge in [-0.15, -0.1) is 0 Å². The number of hydrogen-bond acceptors (Lipinski definition) is 9. The molecule has 2 heterocycles. The maximum Gasteiger partial charge on any atom is 0.404 e. The molecule has 1 fully saturated rings. The highest BCUT2D eigenvalue weighted by atomic mass is 32.2. The number of likely N-dealkylation sites (N-methyl/N-ethyl adjacent to an activating group) is 1. The minimum Gasteiger partial charge on any atom is -0.494 e. The van der Waals surface area contributed by atoms with E-state index in [4.69, 9.17) is 14.2 Å². The zero-order chi connectivity index (χ0) is 31.0. The van der Waals surface area contributed by atoms with Gasteiger partial charge in [0, 0.05) is 51.9 Å². The van der Waals surface area contributed by atoms with E-state index in [-0.39, 0.29) is 37.1 Å². The van der Waals surface area contributed by atoms with Crippen LogP contribution in [0.5, 0.6) is 17.2 Å². The maximum atomic E-state index is 13.6. The van der Waals surface area contributed by atoms with Crippen LogP contribution in [0.2, 0.25) is 0 Å². The number of ether oxygens (including phenoxy) is 3. The van der Waals surface area contributed by atoms with Crippen molar-refractivity contribution in [1.29, 1.82) is 0 Å². The van der Waals surface area contributed by atoms with Gasteiger partial charge in [-0.1, -0.05) is 26.0 Å². The van der Waals surface area contributed by atoms with Gasteiger partial charge in [0.05, 0.1) is 23.6 Å². The first-order chi connectivity index (χ1) is 20.5. The quantitative estimate of drug-likeness (QED) is 0.254. The van der Waals surface area contributed by atoms with Crippen LogP contribution in [0.4, 0.5) is 4.79 Å². The Morgan fingerprint density at radius 1 is 1.05 bits per heavy atom. The summed E-state index contributed by atoms with van der Waals surface area (Å²) in [5.74, 6) is 1.46. The zero-order valence-electron chi connectivity index (χ0n) is 25.1. The fourth-order valence-electron chi connectivity index (χ4n) is 5.17. The van der Waals surface area contributed by atoms with Crippen molar-refractivity contribution >= 4 is 16.1 Å². The molecule has 2 atom stereocenters.